The van der Waals surface area contributed by atoms with Crippen LogP contribution in [0.2, 0.25) is 0 Å². The number of aromatic nitrogens is 4. The van der Waals surface area contributed by atoms with E-state index in [0.29, 0.717) is 54.9 Å². The van der Waals surface area contributed by atoms with Gasteiger partial charge in [-0.3, -0.25) is 25.7 Å². The maximum atomic E-state index is 13.3. The number of guanidine groups is 2. The van der Waals surface area contributed by atoms with Gasteiger partial charge in [0, 0.05) is 37.8 Å². The summed E-state index contributed by atoms with van der Waals surface area (Å²) in [6, 6.07) is 13.7. The molecule has 12 N–H and O–H groups in total. The number of carbonyl (C=O) groups is 3. The number of nitrogens with two attached hydrogens (primary N) is 3. The standard InChI is InChI=1S/C36H48N14O4/c1-36(2,3)54-32(53)26(13-14-27(51)42-17-15-21-5-7-22(8-6-21)16-18-43-34(40)49-33(38)39)46-31(52)23-9-11-25(12-10-23)50(4)20-24-19-44-30-28(45-24)29(37)47-35(41)48-30/h5-12,19,26H,13-18,20H2,1-4H3,(H,42,51)(H,46,52)(H4,37,41,44,47,48)(H6,38,39,40,43,49)/t26-/m0/s1. The molecule has 0 aliphatic rings. The van der Waals surface area contributed by atoms with Crippen LogP contribution in [0, 0.1) is 10.8 Å². The summed E-state index contributed by atoms with van der Waals surface area (Å²) < 4.78 is 5.56. The third kappa shape index (κ3) is 12.6. The van der Waals surface area contributed by atoms with Crippen molar-refractivity contribution >= 4 is 58.3 Å². The maximum absolute atomic E-state index is 13.3. The SMILES string of the molecule is CN(Cc1cnc2nc(N)nc(N)c2n1)c1ccc(C(=O)N[C@@H](CCC(=O)NCCc2ccc(CCNC(=N)NC(=N)N)cc2)C(=O)OC(C)(C)C)cc1. The van der Waals surface area contributed by atoms with E-state index < -0.39 is 23.5 Å². The van der Waals surface area contributed by atoms with Crippen LogP contribution in [0.15, 0.2) is 54.7 Å². The van der Waals surface area contributed by atoms with E-state index in [0.717, 1.165) is 16.8 Å². The molecule has 4 aromatic rings. The van der Waals surface area contributed by atoms with Crippen molar-refractivity contribution in [2.24, 2.45) is 5.73 Å². The molecule has 0 saturated heterocycles. The Bertz CT molecular complexity index is 1960. The molecule has 0 bridgehead atoms. The van der Waals surface area contributed by atoms with Crippen molar-refractivity contribution in [3.8, 4) is 0 Å². The number of benzene rings is 2. The number of carbonyl (C=O) groups excluding carboxylic acids is 3. The molecule has 2 heterocycles. The molecule has 2 aromatic heterocycles. The molecule has 54 heavy (non-hydrogen) atoms. The van der Waals surface area contributed by atoms with E-state index in [1.807, 2.05) is 36.2 Å². The molecular formula is C36H48N14O4. The Morgan fingerprint density at radius 2 is 1.54 bits per heavy atom. The van der Waals surface area contributed by atoms with Gasteiger partial charge in [-0.15, -0.1) is 0 Å². The molecule has 2 aromatic carbocycles. The summed E-state index contributed by atoms with van der Waals surface area (Å²) in [6.45, 7) is 6.47. The second-order valence-corrected chi connectivity index (χ2v) is 13.5. The lowest BCUT2D eigenvalue weighted by Crippen LogP contribution is -2.44. The minimum Gasteiger partial charge on any atom is -0.458 e. The molecule has 0 aliphatic heterocycles. The van der Waals surface area contributed by atoms with E-state index in [4.69, 9.17) is 32.8 Å². The van der Waals surface area contributed by atoms with E-state index in [2.05, 4.69) is 41.2 Å². The molecule has 0 fully saturated rings. The van der Waals surface area contributed by atoms with Crippen LogP contribution in [-0.4, -0.2) is 81.4 Å². The van der Waals surface area contributed by atoms with Crippen LogP contribution in [0.4, 0.5) is 17.5 Å². The molecule has 0 unspecified atom stereocenters. The Morgan fingerprint density at radius 1 is 0.907 bits per heavy atom. The highest BCUT2D eigenvalue weighted by Gasteiger charge is 2.28. The lowest BCUT2D eigenvalue weighted by molar-refractivity contribution is -0.157. The van der Waals surface area contributed by atoms with E-state index in [1.54, 1.807) is 51.2 Å². The van der Waals surface area contributed by atoms with Gasteiger partial charge in [0.2, 0.25) is 11.9 Å². The third-order valence-corrected chi connectivity index (χ3v) is 7.86. The van der Waals surface area contributed by atoms with Gasteiger partial charge in [0.05, 0.1) is 18.4 Å². The molecule has 4 rings (SSSR count). The summed E-state index contributed by atoms with van der Waals surface area (Å²) in [4.78, 5) is 57.9. The summed E-state index contributed by atoms with van der Waals surface area (Å²) in [5, 5.41) is 25.6. The van der Waals surface area contributed by atoms with Crippen molar-refractivity contribution in [1.82, 2.24) is 41.2 Å². The number of rotatable bonds is 15. The number of esters is 1. The molecule has 18 nitrogen and oxygen atoms in total. The fraction of sp³-hybridized carbons (Fsp3) is 0.361. The second-order valence-electron chi connectivity index (χ2n) is 13.5. The number of nitrogens with zero attached hydrogens (tertiary/aromatic N) is 5. The van der Waals surface area contributed by atoms with Crippen LogP contribution in [-0.2, 0) is 33.7 Å². The van der Waals surface area contributed by atoms with Crippen molar-refractivity contribution in [3.05, 3.63) is 77.1 Å². The highest BCUT2D eigenvalue weighted by molar-refractivity contribution is 5.97. The average molecular weight is 741 g/mol. The van der Waals surface area contributed by atoms with Crippen molar-refractivity contribution < 1.29 is 19.1 Å². The fourth-order valence-electron chi connectivity index (χ4n) is 5.22. The number of ether oxygens (including phenoxy) is 1. The number of anilines is 3. The average Bonchev–Trinajstić information content (AvgIpc) is 3.09. The van der Waals surface area contributed by atoms with Crippen LogP contribution in [0.5, 0.6) is 0 Å². The van der Waals surface area contributed by atoms with Gasteiger partial charge in [-0.1, -0.05) is 24.3 Å². The van der Waals surface area contributed by atoms with Gasteiger partial charge in [-0.25, -0.2) is 14.8 Å². The van der Waals surface area contributed by atoms with Crippen LogP contribution in [0.3, 0.4) is 0 Å². The Kier molecular flexibility index (Phi) is 13.6. The lowest BCUT2D eigenvalue weighted by Gasteiger charge is -2.24. The first-order chi connectivity index (χ1) is 25.6. The zero-order valence-electron chi connectivity index (χ0n) is 30.8. The van der Waals surface area contributed by atoms with Crippen molar-refractivity contribution in [2.45, 2.75) is 64.6 Å². The van der Waals surface area contributed by atoms with Gasteiger partial charge >= 0.3 is 5.97 Å². The Morgan fingerprint density at radius 3 is 2.15 bits per heavy atom. The molecule has 0 saturated carbocycles. The monoisotopic (exact) mass is 740 g/mol. The minimum absolute atomic E-state index is 0.00379. The number of nitrogen functional groups attached to an aromatic ring is 2. The first-order valence-corrected chi connectivity index (χ1v) is 17.2. The van der Waals surface area contributed by atoms with Crippen LogP contribution >= 0.6 is 0 Å². The van der Waals surface area contributed by atoms with Crippen molar-refractivity contribution in [3.63, 3.8) is 0 Å². The molecular weight excluding hydrogens is 692 g/mol. The van der Waals surface area contributed by atoms with Crippen LogP contribution < -0.4 is 43.4 Å². The highest BCUT2D eigenvalue weighted by atomic mass is 16.6. The number of fused-ring (bicyclic) bond motifs is 1. The number of nitrogens with one attached hydrogen (secondary N) is 6. The van der Waals surface area contributed by atoms with Gasteiger partial charge in [-0.05, 0) is 75.4 Å². The van der Waals surface area contributed by atoms with Gasteiger partial charge in [0.25, 0.3) is 5.91 Å². The lowest BCUT2D eigenvalue weighted by atomic mass is 10.1. The zero-order chi connectivity index (χ0) is 39.4. The predicted molar refractivity (Wildman–Crippen MR) is 206 cm³/mol. The zero-order valence-corrected chi connectivity index (χ0v) is 30.8. The van der Waals surface area contributed by atoms with E-state index in [9.17, 15) is 14.4 Å². The minimum atomic E-state index is -1.05. The molecule has 0 spiro atoms. The Hall–Kier alpha value is -6.59. The molecule has 1 atom stereocenters. The quantitative estimate of drug-likeness (QED) is 0.0473. The summed E-state index contributed by atoms with van der Waals surface area (Å²) in [5.41, 5.74) is 20.5. The molecule has 18 heteroatoms. The smallest absolute Gasteiger partial charge is 0.329 e. The van der Waals surface area contributed by atoms with Gasteiger partial charge in [0.15, 0.2) is 28.9 Å². The maximum Gasteiger partial charge on any atom is 0.329 e. The predicted octanol–water partition coefficient (Wildman–Crippen LogP) is 1.35. The Balaban J connectivity index is 1.27. The summed E-state index contributed by atoms with van der Waals surface area (Å²) >= 11 is 0. The van der Waals surface area contributed by atoms with Crippen molar-refractivity contribution in [2.75, 3.05) is 36.5 Å². The van der Waals surface area contributed by atoms with Crippen LogP contribution in [0.25, 0.3) is 11.2 Å². The third-order valence-electron chi connectivity index (χ3n) is 7.86. The largest absolute Gasteiger partial charge is 0.458 e. The summed E-state index contributed by atoms with van der Waals surface area (Å²) in [6.07, 6.45) is 2.90. The first kappa shape index (κ1) is 40.2. The van der Waals surface area contributed by atoms with Crippen molar-refractivity contribution in [1.29, 1.82) is 10.8 Å². The highest BCUT2D eigenvalue weighted by Crippen LogP contribution is 2.19. The second kappa shape index (κ2) is 18.3. The van der Waals surface area contributed by atoms with Gasteiger partial charge in [-0.2, -0.15) is 9.97 Å². The van der Waals surface area contributed by atoms with E-state index in [1.165, 1.54) is 0 Å². The number of hydrogen-bond donors (Lipinski definition) is 9. The van der Waals surface area contributed by atoms with E-state index >= 15 is 0 Å². The van der Waals surface area contributed by atoms with Gasteiger partial charge in [0.1, 0.15) is 11.6 Å². The first-order valence-electron chi connectivity index (χ1n) is 17.2. The normalized spacial score (nSPS) is 11.6. The van der Waals surface area contributed by atoms with Crippen LogP contribution in [0.1, 0.15) is 60.8 Å². The molecule has 2 amide bonds. The number of amides is 2. The molecule has 0 radical (unpaired) electrons. The molecule has 0 aliphatic carbocycles. The Labute approximate surface area is 313 Å². The fourth-order valence-corrected chi connectivity index (χ4v) is 5.22. The number of hydrogen-bond acceptors (Lipinski definition) is 13. The van der Waals surface area contributed by atoms with Gasteiger partial charge < -0.3 is 42.8 Å². The topological polar surface area (TPSA) is 289 Å². The van der Waals surface area contributed by atoms with E-state index in [-0.39, 0.29) is 42.4 Å². The summed E-state index contributed by atoms with van der Waals surface area (Å²) in [7, 11) is 1.86. The summed E-state index contributed by atoms with van der Waals surface area (Å²) in [5.74, 6) is -1.56. The molecule has 286 valence electrons.